The van der Waals surface area contributed by atoms with E-state index in [-0.39, 0.29) is 5.41 Å². The van der Waals surface area contributed by atoms with Gasteiger partial charge in [0.1, 0.15) is 0 Å². The van der Waals surface area contributed by atoms with E-state index < -0.39 is 0 Å². The molecule has 0 bridgehead atoms. The summed E-state index contributed by atoms with van der Waals surface area (Å²) in [5.74, 6) is 0.509. The lowest BCUT2D eigenvalue weighted by molar-refractivity contribution is 0.282. The Balaban J connectivity index is 1.89. The van der Waals surface area contributed by atoms with E-state index in [9.17, 15) is 0 Å². The van der Waals surface area contributed by atoms with Gasteiger partial charge < -0.3 is 5.32 Å². The molecule has 2 heteroatoms. The molecule has 152 valence electrons. The number of nitrogens with zero attached hydrogens (tertiary/aromatic N) is 1. The zero-order valence-corrected chi connectivity index (χ0v) is 18.5. The number of unbranched alkanes of at least 4 members (excludes halogenated alkanes) is 2. The maximum Gasteiger partial charge on any atom is 0.0907 e. The van der Waals surface area contributed by atoms with E-state index in [4.69, 9.17) is 4.98 Å². The molecule has 0 radical (unpaired) electrons. The highest BCUT2D eigenvalue weighted by molar-refractivity contribution is 5.82. The minimum Gasteiger partial charge on any atom is -0.353 e. The highest BCUT2D eigenvalue weighted by atomic mass is 15.0. The summed E-state index contributed by atoms with van der Waals surface area (Å²) in [6, 6.07) is 2.41. The monoisotopic (exact) mass is 386 g/mol. The van der Waals surface area contributed by atoms with E-state index in [1.54, 1.807) is 0 Å². The number of aromatic nitrogens is 1. The van der Waals surface area contributed by atoms with Gasteiger partial charge in [0.15, 0.2) is 0 Å². The van der Waals surface area contributed by atoms with Crippen LogP contribution >= 0.6 is 0 Å². The molecule has 1 aliphatic heterocycles. The number of hydrogen-bond donors (Lipinski definition) is 1. The number of fused-ring (bicyclic) bond motifs is 2. The van der Waals surface area contributed by atoms with Gasteiger partial charge in [-0.1, -0.05) is 59.4 Å². The summed E-state index contributed by atoms with van der Waals surface area (Å²) in [6.45, 7) is 21.8. The molecule has 0 amide bonds. The van der Waals surface area contributed by atoms with Gasteiger partial charge in [0.2, 0.25) is 0 Å². The second-order valence-corrected chi connectivity index (χ2v) is 9.65. The Labute approximate surface area is 176 Å². The Morgan fingerprint density at radius 2 is 2.10 bits per heavy atom. The third-order valence-corrected chi connectivity index (χ3v) is 6.94. The topological polar surface area (TPSA) is 24.9 Å². The Kier molecular flexibility index (Phi) is 4.93. The fourth-order valence-electron chi connectivity index (χ4n) is 5.52. The molecular weight excluding hydrogens is 352 g/mol. The molecule has 1 aromatic rings. The van der Waals surface area contributed by atoms with Crippen LogP contribution in [0.5, 0.6) is 0 Å². The maximum atomic E-state index is 5.12. The Morgan fingerprint density at radius 3 is 2.76 bits per heavy atom. The Morgan fingerprint density at radius 1 is 1.34 bits per heavy atom. The van der Waals surface area contributed by atoms with Crippen molar-refractivity contribution in [2.75, 3.05) is 0 Å². The van der Waals surface area contributed by atoms with Crippen molar-refractivity contribution in [3.63, 3.8) is 0 Å². The number of aryl methyl sites for hydroxylation is 1. The molecule has 0 spiro atoms. The molecule has 2 aliphatic carbocycles. The zero-order chi connectivity index (χ0) is 20.9. The van der Waals surface area contributed by atoms with Gasteiger partial charge in [-0.15, -0.1) is 0 Å². The second-order valence-electron chi connectivity index (χ2n) is 9.65. The first kappa shape index (κ1) is 19.9. The standard InChI is InChI=1S/C27H34N2/c1-8-10-11-12-18-13-19-14-21-24-20(15-27(21,6)7)23(16(3)4)17(5)28-26(24)25(19)29-22(18)9-2/h9,13,21,28H,2-3,5,8,10-12,14-15H2,1,4,6-7H3. The minimum atomic E-state index is 0.222. The van der Waals surface area contributed by atoms with Crippen LogP contribution in [-0.4, -0.2) is 4.98 Å². The van der Waals surface area contributed by atoms with Gasteiger partial charge in [0, 0.05) is 11.3 Å². The van der Waals surface area contributed by atoms with Crippen molar-refractivity contribution in [2.45, 2.75) is 66.2 Å². The predicted molar refractivity (Wildman–Crippen MR) is 124 cm³/mol. The highest BCUT2D eigenvalue weighted by Gasteiger charge is 2.48. The number of pyridine rings is 1. The third kappa shape index (κ3) is 3.13. The fourth-order valence-corrected chi connectivity index (χ4v) is 5.52. The van der Waals surface area contributed by atoms with E-state index >= 15 is 0 Å². The van der Waals surface area contributed by atoms with Crippen LogP contribution in [-0.2, 0) is 12.8 Å². The first-order valence-corrected chi connectivity index (χ1v) is 11.0. The molecule has 1 atom stereocenters. The van der Waals surface area contributed by atoms with Crippen LogP contribution in [0.2, 0.25) is 0 Å². The van der Waals surface area contributed by atoms with Crippen LogP contribution in [0.15, 0.2) is 53.8 Å². The summed E-state index contributed by atoms with van der Waals surface area (Å²) >= 11 is 0. The van der Waals surface area contributed by atoms with Crippen molar-refractivity contribution >= 4 is 11.8 Å². The van der Waals surface area contributed by atoms with Crippen molar-refractivity contribution in [1.29, 1.82) is 0 Å². The van der Waals surface area contributed by atoms with E-state index in [0.29, 0.717) is 5.92 Å². The molecule has 2 nitrogen and oxygen atoms in total. The van der Waals surface area contributed by atoms with E-state index in [1.807, 2.05) is 6.08 Å². The van der Waals surface area contributed by atoms with Crippen LogP contribution < -0.4 is 5.32 Å². The molecule has 1 saturated carbocycles. The largest absolute Gasteiger partial charge is 0.353 e. The molecule has 0 aromatic carbocycles. The third-order valence-electron chi connectivity index (χ3n) is 6.94. The molecule has 0 saturated heterocycles. The number of rotatable bonds is 6. The lowest BCUT2D eigenvalue weighted by Gasteiger charge is -2.35. The SMILES string of the molecule is C=Cc1nc2c(cc1CCCCC)CC1C3=C2NC(=C)C(C(=C)C)=C3CC1(C)C. The predicted octanol–water partition coefficient (Wildman–Crippen LogP) is 6.76. The number of nitrogens with one attached hydrogen (secondary N) is 1. The lowest BCUT2D eigenvalue weighted by Crippen LogP contribution is -2.30. The number of allylic oxidation sites excluding steroid dienone is 3. The summed E-state index contributed by atoms with van der Waals surface area (Å²) in [4.78, 5) is 5.12. The lowest BCUT2D eigenvalue weighted by atomic mass is 9.73. The van der Waals surface area contributed by atoms with Crippen LogP contribution in [0.25, 0.3) is 11.8 Å². The van der Waals surface area contributed by atoms with E-state index in [2.05, 4.69) is 58.8 Å². The van der Waals surface area contributed by atoms with Crippen molar-refractivity contribution in [2.24, 2.45) is 11.3 Å². The smallest absolute Gasteiger partial charge is 0.0907 e. The van der Waals surface area contributed by atoms with Gasteiger partial charge in [-0.2, -0.15) is 0 Å². The Bertz CT molecular complexity index is 984. The Hall–Kier alpha value is -2.35. The van der Waals surface area contributed by atoms with Crippen LogP contribution in [0.1, 0.15) is 75.9 Å². The van der Waals surface area contributed by atoms with Gasteiger partial charge in [-0.05, 0) is 77.9 Å². The van der Waals surface area contributed by atoms with E-state index in [1.165, 1.54) is 52.8 Å². The van der Waals surface area contributed by atoms with Crippen LogP contribution in [0.4, 0.5) is 0 Å². The molecule has 1 fully saturated rings. The summed E-state index contributed by atoms with van der Waals surface area (Å²) in [5, 5.41) is 3.64. The molecular formula is C27H34N2. The summed E-state index contributed by atoms with van der Waals surface area (Å²) in [5.41, 5.74) is 12.4. The van der Waals surface area contributed by atoms with Crippen molar-refractivity contribution < 1.29 is 0 Å². The molecule has 1 N–H and O–H groups in total. The zero-order valence-electron chi connectivity index (χ0n) is 18.5. The van der Waals surface area contributed by atoms with Crippen LogP contribution in [0.3, 0.4) is 0 Å². The van der Waals surface area contributed by atoms with Crippen molar-refractivity contribution in [3.8, 4) is 0 Å². The summed E-state index contributed by atoms with van der Waals surface area (Å²) < 4.78 is 0. The average Bonchev–Trinajstić information content (AvgIpc) is 2.92. The molecule has 1 unspecified atom stereocenters. The van der Waals surface area contributed by atoms with Gasteiger partial charge >= 0.3 is 0 Å². The number of hydrogen-bond acceptors (Lipinski definition) is 2. The highest BCUT2D eigenvalue weighted by Crippen LogP contribution is 2.58. The fraction of sp³-hybridized carbons (Fsp3) is 0.444. The quantitative estimate of drug-likeness (QED) is 0.546. The van der Waals surface area contributed by atoms with Crippen molar-refractivity contribution in [1.82, 2.24) is 10.3 Å². The first-order valence-electron chi connectivity index (χ1n) is 11.0. The maximum absolute atomic E-state index is 5.12. The second kappa shape index (κ2) is 7.16. The minimum absolute atomic E-state index is 0.222. The average molecular weight is 387 g/mol. The molecule has 1 aromatic heterocycles. The first-order chi connectivity index (χ1) is 13.8. The normalized spacial score (nSPS) is 21.7. The molecule has 2 heterocycles. The van der Waals surface area contributed by atoms with Gasteiger partial charge in [0.25, 0.3) is 0 Å². The molecule has 4 rings (SSSR count). The molecule has 29 heavy (non-hydrogen) atoms. The van der Waals surface area contributed by atoms with Crippen molar-refractivity contribution in [3.05, 3.63) is 76.3 Å². The summed E-state index contributed by atoms with van der Waals surface area (Å²) in [7, 11) is 0. The number of dihydropyridines is 1. The van der Waals surface area contributed by atoms with Gasteiger partial charge in [-0.3, -0.25) is 0 Å². The van der Waals surface area contributed by atoms with Gasteiger partial charge in [-0.25, -0.2) is 4.98 Å². The van der Waals surface area contributed by atoms with Gasteiger partial charge in [0.05, 0.1) is 17.1 Å². The van der Waals surface area contributed by atoms with Crippen LogP contribution in [0, 0.1) is 11.3 Å². The summed E-state index contributed by atoms with van der Waals surface area (Å²) in [6.07, 6.45) is 8.85. The van der Waals surface area contributed by atoms with E-state index in [0.717, 1.165) is 41.9 Å². The molecule has 3 aliphatic rings.